The lowest BCUT2D eigenvalue weighted by molar-refractivity contribution is 0.0893. The first-order valence-electron chi connectivity index (χ1n) is 14.0. The molecule has 3 unspecified atom stereocenters. The van der Waals surface area contributed by atoms with Gasteiger partial charge in [0.05, 0.1) is 18.7 Å². The zero-order valence-corrected chi connectivity index (χ0v) is 22.4. The molecule has 196 valence electrons. The molecule has 3 atom stereocenters. The third-order valence-electron chi connectivity index (χ3n) is 8.72. The Bertz CT molecular complexity index is 1430. The maximum atomic E-state index is 14.4. The average Bonchev–Trinajstić information content (AvgIpc) is 3.44. The lowest BCUT2D eigenvalue weighted by atomic mass is 9.73. The van der Waals surface area contributed by atoms with E-state index in [4.69, 9.17) is 4.74 Å². The normalized spacial score (nSPS) is 21.4. The molecule has 1 saturated heterocycles. The van der Waals surface area contributed by atoms with E-state index in [0.717, 1.165) is 60.3 Å². The minimum Gasteiger partial charge on any atom is -0.497 e. The molecule has 0 spiro atoms. The molecule has 3 aromatic carbocycles. The van der Waals surface area contributed by atoms with E-state index in [9.17, 15) is 4.79 Å². The van der Waals surface area contributed by atoms with Gasteiger partial charge in [-0.2, -0.15) is 0 Å². The van der Waals surface area contributed by atoms with Crippen molar-refractivity contribution in [2.45, 2.75) is 57.2 Å². The summed E-state index contributed by atoms with van der Waals surface area (Å²) in [5.41, 5.74) is 5.15. The quantitative estimate of drug-likeness (QED) is 0.296. The molecule has 2 fully saturated rings. The molecular formula is C33H37N3O2. The molecule has 0 radical (unpaired) electrons. The number of carbonyl (C=O) groups excluding carboxylic acids is 1. The molecule has 2 heterocycles. The Balaban J connectivity index is 1.45. The minimum absolute atomic E-state index is 0.00836. The van der Waals surface area contributed by atoms with Crippen molar-refractivity contribution < 1.29 is 9.53 Å². The Labute approximate surface area is 225 Å². The van der Waals surface area contributed by atoms with Gasteiger partial charge in [-0.05, 0) is 67.5 Å². The molecule has 4 aromatic rings. The zero-order valence-electron chi connectivity index (χ0n) is 22.4. The summed E-state index contributed by atoms with van der Waals surface area (Å²) in [6.45, 7) is 3.89. The maximum Gasteiger partial charge on any atom is 0.254 e. The van der Waals surface area contributed by atoms with Gasteiger partial charge >= 0.3 is 0 Å². The van der Waals surface area contributed by atoms with Gasteiger partial charge in [-0.25, -0.2) is 0 Å². The number of rotatable bonds is 8. The van der Waals surface area contributed by atoms with Gasteiger partial charge in [0.15, 0.2) is 0 Å². The van der Waals surface area contributed by atoms with Crippen molar-refractivity contribution in [3.63, 3.8) is 0 Å². The summed E-state index contributed by atoms with van der Waals surface area (Å²) in [6, 6.07) is 27.0. The van der Waals surface area contributed by atoms with E-state index in [1.807, 2.05) is 24.3 Å². The summed E-state index contributed by atoms with van der Waals surface area (Å²) in [5.74, 6) is 1.44. The van der Waals surface area contributed by atoms with E-state index >= 15 is 0 Å². The minimum atomic E-state index is -0.105. The predicted molar refractivity (Wildman–Crippen MR) is 153 cm³/mol. The van der Waals surface area contributed by atoms with Crippen molar-refractivity contribution in [3.8, 4) is 5.75 Å². The number of hydrogen-bond acceptors (Lipinski definition) is 3. The van der Waals surface area contributed by atoms with Crippen LogP contribution in [0.15, 0.2) is 78.9 Å². The van der Waals surface area contributed by atoms with Crippen LogP contribution in [0.3, 0.4) is 0 Å². The fourth-order valence-corrected chi connectivity index (χ4v) is 6.94. The van der Waals surface area contributed by atoms with Gasteiger partial charge < -0.3 is 19.9 Å². The SMILES string of the molecule is CCc1c(C(=O)NC(c2ccccc2)C23CCCC(CN2)C3)c2cc(OC)ccc2n1Cc1ccccc1. The number of carbonyl (C=O) groups is 1. The summed E-state index contributed by atoms with van der Waals surface area (Å²) < 4.78 is 7.90. The smallest absolute Gasteiger partial charge is 0.254 e. The standard InChI is InChI=1S/C33H37N3O2/c1-3-28-30(27-19-26(38-2)16-17-29(27)36(28)22-23-11-6-4-7-12-23)32(37)35-31(25-14-8-5-9-15-25)33-18-10-13-24(20-33)21-34-33/h4-9,11-12,14-17,19,24,31,34H,3,10,13,18,20-22H2,1-2H3,(H,35,37). The van der Waals surface area contributed by atoms with E-state index < -0.39 is 0 Å². The van der Waals surface area contributed by atoms with Gasteiger partial charge in [0, 0.05) is 28.7 Å². The van der Waals surface area contributed by atoms with Crippen LogP contribution in [0.1, 0.15) is 65.8 Å². The van der Waals surface area contributed by atoms with Crippen molar-refractivity contribution in [1.82, 2.24) is 15.2 Å². The van der Waals surface area contributed by atoms with E-state index in [1.54, 1.807) is 7.11 Å². The van der Waals surface area contributed by atoms with E-state index in [-0.39, 0.29) is 17.5 Å². The number of methoxy groups -OCH3 is 1. The summed E-state index contributed by atoms with van der Waals surface area (Å²) in [6.07, 6.45) is 5.42. The van der Waals surface area contributed by atoms with Crippen LogP contribution in [0.5, 0.6) is 5.75 Å². The summed E-state index contributed by atoms with van der Waals surface area (Å²) in [4.78, 5) is 14.4. The Morgan fingerprint density at radius 3 is 2.61 bits per heavy atom. The molecule has 1 saturated carbocycles. The van der Waals surface area contributed by atoms with Crippen LogP contribution in [0.2, 0.25) is 0 Å². The Kier molecular flexibility index (Phi) is 6.71. The lowest BCUT2D eigenvalue weighted by Gasteiger charge is -2.41. The number of fused-ring (bicyclic) bond motifs is 3. The molecule has 5 heteroatoms. The first-order valence-corrected chi connectivity index (χ1v) is 14.0. The number of benzene rings is 3. The lowest BCUT2D eigenvalue weighted by Crippen LogP contribution is -2.52. The molecule has 1 amide bonds. The number of nitrogens with one attached hydrogen (secondary N) is 2. The van der Waals surface area contributed by atoms with Gasteiger partial charge in [-0.3, -0.25) is 4.79 Å². The molecule has 5 nitrogen and oxygen atoms in total. The third-order valence-corrected chi connectivity index (χ3v) is 8.72. The molecule has 1 aliphatic carbocycles. The number of hydrogen-bond donors (Lipinski definition) is 2. The van der Waals surface area contributed by atoms with Crippen LogP contribution < -0.4 is 15.4 Å². The largest absolute Gasteiger partial charge is 0.497 e. The molecule has 2 aliphatic rings. The maximum absolute atomic E-state index is 14.4. The van der Waals surface area contributed by atoms with Crippen molar-refractivity contribution in [2.24, 2.45) is 5.92 Å². The highest BCUT2D eigenvalue weighted by molar-refractivity contribution is 6.09. The monoisotopic (exact) mass is 507 g/mol. The molecule has 1 aromatic heterocycles. The number of nitrogens with zero attached hydrogens (tertiary/aromatic N) is 1. The highest BCUT2D eigenvalue weighted by Gasteiger charge is 2.48. The highest BCUT2D eigenvalue weighted by Crippen LogP contribution is 2.45. The number of ether oxygens (including phenoxy) is 1. The van der Waals surface area contributed by atoms with E-state index in [2.05, 4.69) is 76.7 Å². The Hall–Kier alpha value is -3.57. The molecule has 6 rings (SSSR count). The second-order valence-corrected chi connectivity index (χ2v) is 10.9. The highest BCUT2D eigenvalue weighted by atomic mass is 16.5. The van der Waals surface area contributed by atoms with Crippen LogP contribution in [0.4, 0.5) is 0 Å². The van der Waals surface area contributed by atoms with Gasteiger partial charge in [-0.1, -0.05) is 74.0 Å². The predicted octanol–water partition coefficient (Wildman–Crippen LogP) is 6.26. The van der Waals surface area contributed by atoms with Gasteiger partial charge in [0.2, 0.25) is 0 Å². The zero-order chi connectivity index (χ0) is 26.1. The van der Waals surface area contributed by atoms with E-state index in [1.165, 1.54) is 24.0 Å². The van der Waals surface area contributed by atoms with Crippen LogP contribution in [0, 0.1) is 5.92 Å². The van der Waals surface area contributed by atoms with Crippen molar-refractivity contribution >= 4 is 16.8 Å². The van der Waals surface area contributed by atoms with Gasteiger partial charge in [0.25, 0.3) is 5.91 Å². The Morgan fingerprint density at radius 1 is 1.11 bits per heavy atom. The molecule has 1 aliphatic heterocycles. The molecular weight excluding hydrogens is 470 g/mol. The summed E-state index contributed by atoms with van der Waals surface area (Å²) in [7, 11) is 1.68. The third kappa shape index (κ3) is 4.39. The number of aromatic nitrogens is 1. The van der Waals surface area contributed by atoms with Crippen LogP contribution >= 0.6 is 0 Å². The first kappa shape index (κ1) is 24.7. The number of amides is 1. The van der Waals surface area contributed by atoms with Crippen molar-refractivity contribution in [2.75, 3.05) is 13.7 Å². The summed E-state index contributed by atoms with van der Waals surface area (Å²) >= 11 is 0. The Morgan fingerprint density at radius 2 is 1.87 bits per heavy atom. The fraction of sp³-hybridized carbons (Fsp3) is 0.364. The van der Waals surface area contributed by atoms with Crippen molar-refractivity contribution in [3.05, 3.63) is 101 Å². The van der Waals surface area contributed by atoms with E-state index in [0.29, 0.717) is 5.92 Å². The van der Waals surface area contributed by atoms with Gasteiger partial charge in [-0.15, -0.1) is 0 Å². The second kappa shape index (κ2) is 10.3. The topological polar surface area (TPSA) is 55.3 Å². The van der Waals surface area contributed by atoms with Gasteiger partial charge in [0.1, 0.15) is 5.75 Å². The van der Waals surface area contributed by atoms with Crippen LogP contribution in [-0.4, -0.2) is 29.7 Å². The second-order valence-electron chi connectivity index (χ2n) is 10.9. The average molecular weight is 508 g/mol. The first-order chi connectivity index (χ1) is 18.6. The molecule has 2 N–H and O–H groups in total. The fourth-order valence-electron chi connectivity index (χ4n) is 6.94. The van der Waals surface area contributed by atoms with Crippen LogP contribution in [0.25, 0.3) is 10.9 Å². The van der Waals surface area contributed by atoms with Crippen LogP contribution in [-0.2, 0) is 13.0 Å². The summed E-state index contributed by atoms with van der Waals surface area (Å²) in [5, 5.41) is 8.38. The molecule has 38 heavy (non-hydrogen) atoms. The van der Waals surface area contributed by atoms with Crippen molar-refractivity contribution in [1.29, 1.82) is 0 Å². The molecule has 2 bridgehead atoms.